The molecular formula is C17H16F3N5O2. The standard InChI is InChI=1S/C17H16F3N5O2/c1-9-10(2)15-22-23-16(17(18,19)20)25(15)24-14(9)21-11-4-5-12-13(8-11)27-7-3-6-26-12/h4-5,8H,3,6-7H2,1-2H3,(H,21,24). The zero-order valence-electron chi connectivity index (χ0n) is 14.6. The maximum absolute atomic E-state index is 13.2. The summed E-state index contributed by atoms with van der Waals surface area (Å²) in [7, 11) is 0. The number of fused-ring (bicyclic) bond motifs is 2. The van der Waals surface area contributed by atoms with E-state index in [1.54, 1.807) is 32.0 Å². The lowest BCUT2D eigenvalue weighted by atomic mass is 10.2. The molecule has 1 aliphatic heterocycles. The molecule has 1 aliphatic rings. The first-order chi connectivity index (χ1) is 12.8. The molecule has 3 heterocycles. The van der Waals surface area contributed by atoms with Crippen molar-refractivity contribution in [1.82, 2.24) is 19.8 Å². The van der Waals surface area contributed by atoms with Crippen LogP contribution in [0.25, 0.3) is 5.65 Å². The Morgan fingerprint density at radius 3 is 2.52 bits per heavy atom. The average Bonchev–Trinajstić information content (AvgIpc) is 2.91. The minimum absolute atomic E-state index is 0.0732. The number of aromatic nitrogens is 4. The van der Waals surface area contributed by atoms with Crippen LogP contribution in [0, 0.1) is 13.8 Å². The van der Waals surface area contributed by atoms with Crippen LogP contribution in [0.3, 0.4) is 0 Å². The minimum Gasteiger partial charge on any atom is -0.490 e. The van der Waals surface area contributed by atoms with Gasteiger partial charge in [0.05, 0.1) is 13.2 Å². The number of nitrogens with zero attached hydrogens (tertiary/aromatic N) is 4. The van der Waals surface area contributed by atoms with E-state index in [1.165, 1.54) is 0 Å². The molecule has 0 atom stereocenters. The summed E-state index contributed by atoms with van der Waals surface area (Å²) in [6.07, 6.45) is -3.87. The van der Waals surface area contributed by atoms with Gasteiger partial charge >= 0.3 is 6.18 Å². The van der Waals surface area contributed by atoms with Gasteiger partial charge in [0.15, 0.2) is 23.0 Å². The molecule has 0 unspecified atom stereocenters. The number of alkyl halides is 3. The predicted octanol–water partition coefficient (Wildman–Crippen LogP) is 3.66. The first-order valence-electron chi connectivity index (χ1n) is 8.31. The van der Waals surface area contributed by atoms with E-state index in [0.717, 1.165) is 6.42 Å². The second kappa shape index (κ2) is 6.29. The largest absolute Gasteiger partial charge is 0.490 e. The molecule has 1 N–H and O–H groups in total. The maximum Gasteiger partial charge on any atom is 0.453 e. The summed E-state index contributed by atoms with van der Waals surface area (Å²) in [6.45, 7) is 4.55. The van der Waals surface area contributed by atoms with Gasteiger partial charge in [0.25, 0.3) is 5.82 Å². The van der Waals surface area contributed by atoms with Gasteiger partial charge in [-0.05, 0) is 26.0 Å². The zero-order valence-corrected chi connectivity index (χ0v) is 14.6. The lowest BCUT2D eigenvalue weighted by Gasteiger charge is -2.14. The van der Waals surface area contributed by atoms with Crippen LogP contribution < -0.4 is 14.8 Å². The Bertz CT molecular complexity index is 1020. The van der Waals surface area contributed by atoms with Crippen LogP contribution in [0.1, 0.15) is 23.4 Å². The molecule has 0 amide bonds. The summed E-state index contributed by atoms with van der Waals surface area (Å²) in [6, 6.07) is 5.24. The Morgan fingerprint density at radius 2 is 1.78 bits per heavy atom. The van der Waals surface area contributed by atoms with E-state index < -0.39 is 12.0 Å². The highest BCUT2D eigenvalue weighted by molar-refractivity contribution is 5.66. The number of hydrogen-bond acceptors (Lipinski definition) is 6. The summed E-state index contributed by atoms with van der Waals surface area (Å²) >= 11 is 0. The normalized spacial score (nSPS) is 14.3. The van der Waals surface area contributed by atoms with Gasteiger partial charge in [0, 0.05) is 29.3 Å². The van der Waals surface area contributed by atoms with E-state index in [-0.39, 0.29) is 11.5 Å². The lowest BCUT2D eigenvalue weighted by Crippen LogP contribution is -2.14. The number of nitrogens with one attached hydrogen (secondary N) is 1. The fraction of sp³-hybridized carbons (Fsp3) is 0.353. The van der Waals surface area contributed by atoms with Gasteiger partial charge in [-0.1, -0.05) is 0 Å². The number of ether oxygens (including phenoxy) is 2. The summed E-state index contributed by atoms with van der Waals surface area (Å²) < 4.78 is 51.4. The molecule has 0 spiro atoms. The second-order valence-corrected chi connectivity index (χ2v) is 6.19. The molecule has 7 nitrogen and oxygen atoms in total. The van der Waals surface area contributed by atoms with Crippen molar-refractivity contribution in [2.45, 2.75) is 26.4 Å². The number of aryl methyl sites for hydroxylation is 1. The highest BCUT2D eigenvalue weighted by Gasteiger charge is 2.38. The monoisotopic (exact) mass is 379 g/mol. The summed E-state index contributed by atoms with van der Waals surface area (Å²) in [4.78, 5) is 0. The van der Waals surface area contributed by atoms with Gasteiger partial charge in [0.2, 0.25) is 0 Å². The first-order valence-corrected chi connectivity index (χ1v) is 8.31. The summed E-state index contributed by atoms with van der Waals surface area (Å²) in [5, 5.41) is 14.0. The smallest absolute Gasteiger partial charge is 0.453 e. The van der Waals surface area contributed by atoms with Crippen molar-refractivity contribution in [2.24, 2.45) is 0 Å². The highest BCUT2D eigenvalue weighted by Crippen LogP contribution is 2.34. The minimum atomic E-state index is -4.65. The fourth-order valence-corrected chi connectivity index (χ4v) is 2.80. The fourth-order valence-electron chi connectivity index (χ4n) is 2.80. The van der Waals surface area contributed by atoms with Crippen molar-refractivity contribution in [1.29, 1.82) is 0 Å². The number of benzene rings is 1. The van der Waals surface area contributed by atoms with Crippen LogP contribution in [-0.2, 0) is 6.18 Å². The Morgan fingerprint density at radius 1 is 1.04 bits per heavy atom. The second-order valence-electron chi connectivity index (χ2n) is 6.19. The van der Waals surface area contributed by atoms with E-state index in [0.29, 0.717) is 46.0 Å². The number of halogens is 3. The van der Waals surface area contributed by atoms with Gasteiger partial charge in [-0.25, -0.2) is 0 Å². The number of anilines is 2. The highest BCUT2D eigenvalue weighted by atomic mass is 19.4. The van der Waals surface area contributed by atoms with Gasteiger partial charge in [-0.15, -0.1) is 15.3 Å². The van der Waals surface area contributed by atoms with Crippen LogP contribution in [0.2, 0.25) is 0 Å². The van der Waals surface area contributed by atoms with Crippen molar-refractivity contribution in [3.8, 4) is 11.5 Å². The van der Waals surface area contributed by atoms with Gasteiger partial charge < -0.3 is 14.8 Å². The third-order valence-electron chi connectivity index (χ3n) is 4.36. The van der Waals surface area contributed by atoms with Gasteiger partial charge in [-0.2, -0.15) is 17.7 Å². The van der Waals surface area contributed by atoms with E-state index in [2.05, 4.69) is 20.6 Å². The maximum atomic E-state index is 13.2. The van der Waals surface area contributed by atoms with Crippen LogP contribution in [0.4, 0.5) is 24.7 Å². The molecule has 3 aromatic rings. The lowest BCUT2D eigenvalue weighted by molar-refractivity contribution is -0.146. The molecule has 4 rings (SSSR count). The Kier molecular flexibility index (Phi) is 4.05. The third-order valence-corrected chi connectivity index (χ3v) is 4.36. The number of rotatable bonds is 2. The van der Waals surface area contributed by atoms with Crippen LogP contribution in [0.15, 0.2) is 18.2 Å². The molecule has 10 heteroatoms. The molecule has 1 aromatic carbocycles. The molecule has 0 aliphatic carbocycles. The van der Waals surface area contributed by atoms with Crippen LogP contribution in [0.5, 0.6) is 11.5 Å². The molecule has 2 aromatic heterocycles. The quantitative estimate of drug-likeness (QED) is 0.733. The summed E-state index contributed by atoms with van der Waals surface area (Å²) in [5.41, 5.74) is 1.93. The topological polar surface area (TPSA) is 73.6 Å². The summed E-state index contributed by atoms with van der Waals surface area (Å²) in [5.74, 6) is 0.322. The van der Waals surface area contributed by atoms with Crippen LogP contribution in [-0.4, -0.2) is 33.0 Å². The number of hydrogen-bond donors (Lipinski definition) is 1. The van der Waals surface area contributed by atoms with E-state index in [4.69, 9.17) is 9.47 Å². The predicted molar refractivity (Wildman–Crippen MR) is 90.6 cm³/mol. The van der Waals surface area contributed by atoms with Crippen LogP contribution >= 0.6 is 0 Å². The molecule has 0 bridgehead atoms. The SMILES string of the molecule is Cc1c(Nc2ccc3c(c2)OCCCO3)nn2c(C(F)(F)F)nnc2c1C. The zero-order chi connectivity index (χ0) is 19.2. The molecular weight excluding hydrogens is 363 g/mol. The Labute approximate surface area is 152 Å². The van der Waals surface area contributed by atoms with Crippen molar-refractivity contribution in [2.75, 3.05) is 18.5 Å². The van der Waals surface area contributed by atoms with Crippen molar-refractivity contribution in [3.63, 3.8) is 0 Å². The third kappa shape index (κ3) is 3.11. The van der Waals surface area contributed by atoms with Gasteiger partial charge in [0.1, 0.15) is 0 Å². The molecule has 0 saturated heterocycles. The first kappa shape index (κ1) is 17.4. The molecule has 27 heavy (non-hydrogen) atoms. The molecule has 0 fully saturated rings. The van der Waals surface area contributed by atoms with Crippen molar-refractivity contribution >= 4 is 17.2 Å². The van der Waals surface area contributed by atoms with Crippen molar-refractivity contribution < 1.29 is 22.6 Å². The average molecular weight is 379 g/mol. The Balaban J connectivity index is 1.76. The van der Waals surface area contributed by atoms with E-state index >= 15 is 0 Å². The molecule has 0 radical (unpaired) electrons. The van der Waals surface area contributed by atoms with E-state index in [9.17, 15) is 13.2 Å². The van der Waals surface area contributed by atoms with Gasteiger partial charge in [-0.3, -0.25) is 0 Å². The Hall–Kier alpha value is -3.04. The van der Waals surface area contributed by atoms with Crippen molar-refractivity contribution in [3.05, 3.63) is 35.2 Å². The molecule has 0 saturated carbocycles. The van der Waals surface area contributed by atoms with E-state index in [1.807, 2.05) is 0 Å². The molecule has 142 valence electrons.